The van der Waals surface area contributed by atoms with Crippen molar-refractivity contribution in [2.75, 3.05) is 0 Å². The predicted molar refractivity (Wildman–Crippen MR) is 238 cm³/mol. The van der Waals surface area contributed by atoms with Crippen LogP contribution in [0.3, 0.4) is 0 Å². The summed E-state index contributed by atoms with van der Waals surface area (Å²) >= 11 is 1.82. The molecule has 8 aromatic carbocycles. The van der Waals surface area contributed by atoms with Crippen LogP contribution in [0.15, 0.2) is 198 Å². The lowest BCUT2D eigenvalue weighted by atomic mass is 9.63. The van der Waals surface area contributed by atoms with E-state index in [0.29, 0.717) is 17.5 Å². The number of hydrogen-bond acceptors (Lipinski definition) is 4. The Balaban J connectivity index is 1.15. The van der Waals surface area contributed by atoms with Gasteiger partial charge in [0, 0.05) is 26.5 Å². The number of hydrogen-bond donors (Lipinski definition) is 0. The molecule has 0 atom stereocenters. The first-order valence-electron chi connectivity index (χ1n) is 19.8. The maximum absolute atomic E-state index is 13.9. The highest BCUT2D eigenvalue weighted by molar-refractivity contribution is 7.99. The van der Waals surface area contributed by atoms with Crippen molar-refractivity contribution in [1.29, 1.82) is 0 Å². The van der Waals surface area contributed by atoms with Crippen LogP contribution >= 0.6 is 11.8 Å². The van der Waals surface area contributed by atoms with Crippen molar-refractivity contribution in [3.05, 3.63) is 233 Å². The second kappa shape index (κ2) is 14.5. The maximum Gasteiger partial charge on any atom is 0.164 e. The van der Waals surface area contributed by atoms with Gasteiger partial charge in [0.15, 0.2) is 17.5 Å². The van der Waals surface area contributed by atoms with Gasteiger partial charge in [0.1, 0.15) is 11.6 Å². The first-order chi connectivity index (χ1) is 29.5. The molecule has 1 aliphatic carbocycles. The van der Waals surface area contributed by atoms with Crippen LogP contribution in [0.2, 0.25) is 0 Å². The lowest BCUT2D eigenvalue weighted by molar-refractivity contribution is 0.627. The van der Waals surface area contributed by atoms with Crippen molar-refractivity contribution >= 4 is 23.9 Å². The predicted octanol–water partition coefficient (Wildman–Crippen LogP) is 13.8. The molecule has 3 nitrogen and oxygen atoms in total. The molecule has 1 spiro atoms. The van der Waals surface area contributed by atoms with E-state index in [0.717, 1.165) is 50.1 Å². The van der Waals surface area contributed by atoms with Crippen LogP contribution < -0.4 is 0 Å². The maximum atomic E-state index is 13.9. The number of fused-ring (bicyclic) bond motifs is 8. The van der Waals surface area contributed by atoms with E-state index in [-0.39, 0.29) is 11.6 Å². The molecule has 6 heteroatoms. The van der Waals surface area contributed by atoms with Gasteiger partial charge >= 0.3 is 0 Å². The molecule has 9 aromatic rings. The van der Waals surface area contributed by atoms with E-state index in [9.17, 15) is 8.78 Å². The minimum atomic E-state index is -0.643. The molecule has 0 N–H and O–H groups in total. The van der Waals surface area contributed by atoms with E-state index < -0.39 is 5.41 Å². The Morgan fingerprint density at radius 1 is 0.333 bits per heavy atom. The molecule has 0 fully saturated rings. The normalized spacial score (nSPS) is 13.2. The van der Waals surface area contributed by atoms with Crippen LogP contribution in [0.25, 0.3) is 68.6 Å². The molecular formula is C54H33F2N3S. The molecular weight excluding hydrogens is 761 g/mol. The molecule has 1 aromatic heterocycles. The fraction of sp³-hybridized carbons (Fsp3) is 0.0185. The number of aromatic nitrogens is 3. The zero-order valence-corrected chi connectivity index (χ0v) is 32.9. The lowest BCUT2D eigenvalue weighted by Gasteiger charge is -2.42. The van der Waals surface area contributed by atoms with Crippen molar-refractivity contribution in [3.8, 4) is 56.4 Å². The molecule has 0 bridgehead atoms. The van der Waals surface area contributed by atoms with Crippen LogP contribution in [-0.2, 0) is 5.41 Å². The van der Waals surface area contributed by atoms with Gasteiger partial charge < -0.3 is 0 Å². The van der Waals surface area contributed by atoms with E-state index in [1.807, 2.05) is 60.3 Å². The molecule has 2 aliphatic rings. The average Bonchev–Trinajstić information content (AvgIpc) is 3.44. The molecule has 0 radical (unpaired) electrons. The first-order valence-corrected chi connectivity index (χ1v) is 20.6. The van der Waals surface area contributed by atoms with Crippen molar-refractivity contribution in [2.45, 2.75) is 15.2 Å². The summed E-state index contributed by atoms with van der Waals surface area (Å²) in [5.41, 5.74) is 12.5. The summed E-state index contributed by atoms with van der Waals surface area (Å²) < 4.78 is 27.9. The van der Waals surface area contributed by atoms with E-state index in [2.05, 4.69) is 103 Å². The van der Waals surface area contributed by atoms with E-state index in [4.69, 9.17) is 15.0 Å². The topological polar surface area (TPSA) is 38.7 Å². The Hall–Kier alpha value is -7.28. The molecule has 2 heterocycles. The SMILES string of the molecule is Fc1ccc(-c2cccc(-c3nc(-c4cccc(-c5ccc(F)cc5)c4)nc(-c4ccc5c(c4)C4(c6ccccc6C=C5)c5ccccc5Sc5ccccc54)n3)c2)cc1. The van der Waals surface area contributed by atoms with Gasteiger partial charge in [0.25, 0.3) is 0 Å². The third kappa shape index (κ3) is 6.07. The van der Waals surface area contributed by atoms with Crippen molar-refractivity contribution < 1.29 is 8.78 Å². The molecule has 284 valence electrons. The van der Waals surface area contributed by atoms with Crippen LogP contribution in [0.5, 0.6) is 0 Å². The molecule has 0 saturated heterocycles. The van der Waals surface area contributed by atoms with Gasteiger partial charge in [-0.3, -0.25) is 0 Å². The second-order valence-electron chi connectivity index (χ2n) is 15.0. The monoisotopic (exact) mass is 793 g/mol. The zero-order valence-electron chi connectivity index (χ0n) is 32.1. The molecule has 0 saturated carbocycles. The number of rotatable bonds is 5. The average molecular weight is 794 g/mol. The summed E-state index contributed by atoms with van der Waals surface area (Å²) in [5.74, 6) is 0.965. The van der Waals surface area contributed by atoms with Crippen LogP contribution in [0, 0.1) is 11.6 Å². The van der Waals surface area contributed by atoms with Crippen LogP contribution in [0.1, 0.15) is 33.4 Å². The summed E-state index contributed by atoms with van der Waals surface area (Å²) in [5, 5.41) is 0. The van der Waals surface area contributed by atoms with Gasteiger partial charge in [-0.1, -0.05) is 157 Å². The first kappa shape index (κ1) is 35.8. The summed E-state index contributed by atoms with van der Waals surface area (Å²) in [7, 11) is 0. The minimum Gasteiger partial charge on any atom is -0.208 e. The second-order valence-corrected chi connectivity index (χ2v) is 16.1. The zero-order chi connectivity index (χ0) is 40.2. The summed E-state index contributed by atoms with van der Waals surface area (Å²) in [6, 6.07) is 61.8. The van der Waals surface area contributed by atoms with Crippen molar-refractivity contribution in [3.63, 3.8) is 0 Å². The third-order valence-electron chi connectivity index (χ3n) is 11.6. The van der Waals surface area contributed by atoms with Crippen LogP contribution in [0.4, 0.5) is 8.78 Å². The van der Waals surface area contributed by atoms with Crippen molar-refractivity contribution in [2.24, 2.45) is 0 Å². The quantitative estimate of drug-likeness (QED) is 0.174. The molecule has 0 unspecified atom stereocenters. The third-order valence-corrected chi connectivity index (χ3v) is 12.7. The Morgan fingerprint density at radius 3 is 1.28 bits per heavy atom. The van der Waals surface area contributed by atoms with Gasteiger partial charge in [0.2, 0.25) is 0 Å². The highest BCUT2D eigenvalue weighted by atomic mass is 32.2. The fourth-order valence-corrected chi connectivity index (χ4v) is 9.96. The molecule has 1 aliphatic heterocycles. The number of halogens is 2. The molecule has 60 heavy (non-hydrogen) atoms. The number of nitrogens with zero attached hydrogens (tertiary/aromatic N) is 3. The Kier molecular flexibility index (Phi) is 8.68. The highest BCUT2D eigenvalue weighted by Gasteiger charge is 2.46. The summed E-state index contributed by atoms with van der Waals surface area (Å²) in [4.78, 5) is 18.0. The van der Waals surface area contributed by atoms with Gasteiger partial charge in [-0.05, 0) is 110 Å². The van der Waals surface area contributed by atoms with Gasteiger partial charge in [0.05, 0.1) is 5.41 Å². The standard InChI is InChI=1S/C54H33F2N3S/c55-43-27-23-34(24-28-43)38-10-7-12-40(31-38)51-57-52(41-13-8-11-39(32-41)35-25-29-44(56)30-26-35)59-53(58-51)42-22-21-37-20-19-36-9-1-2-14-45(36)54(48(37)33-42)46-15-3-5-17-49(46)60-50-18-6-4-16-47(50)54/h1-33H. The molecule has 11 rings (SSSR count). The van der Waals surface area contributed by atoms with E-state index in [1.54, 1.807) is 24.3 Å². The van der Waals surface area contributed by atoms with Crippen molar-refractivity contribution in [1.82, 2.24) is 15.0 Å². The highest BCUT2D eigenvalue weighted by Crippen LogP contribution is 2.58. The van der Waals surface area contributed by atoms with E-state index in [1.165, 1.54) is 56.3 Å². The van der Waals surface area contributed by atoms with E-state index >= 15 is 0 Å². The lowest BCUT2D eigenvalue weighted by Crippen LogP contribution is -2.35. The Labute approximate surface area is 350 Å². The summed E-state index contributed by atoms with van der Waals surface area (Å²) in [6.07, 6.45) is 4.46. The smallest absolute Gasteiger partial charge is 0.164 e. The minimum absolute atomic E-state index is 0.287. The fourth-order valence-electron chi connectivity index (χ4n) is 8.77. The Bertz CT molecular complexity index is 3000. The van der Waals surface area contributed by atoms with Gasteiger partial charge in [-0.2, -0.15) is 0 Å². The van der Waals surface area contributed by atoms with Gasteiger partial charge in [-0.15, -0.1) is 0 Å². The molecule has 0 amide bonds. The number of benzene rings is 8. The largest absolute Gasteiger partial charge is 0.208 e. The van der Waals surface area contributed by atoms with Crippen LogP contribution in [-0.4, -0.2) is 15.0 Å². The summed E-state index contributed by atoms with van der Waals surface area (Å²) in [6.45, 7) is 0. The Morgan fingerprint density at radius 2 is 0.750 bits per heavy atom. The van der Waals surface area contributed by atoms with Gasteiger partial charge in [-0.25, -0.2) is 23.7 Å².